The molecule has 2 rings (SSSR count). The Morgan fingerprint density at radius 3 is 2.60 bits per heavy atom. The van der Waals surface area contributed by atoms with E-state index in [1.807, 2.05) is 0 Å². The number of benzene rings is 2. The molecule has 0 heterocycles. The van der Waals surface area contributed by atoms with Crippen LogP contribution in [0.2, 0.25) is 6.04 Å². The summed E-state index contributed by atoms with van der Waals surface area (Å²) in [5.74, 6) is 0. The fourth-order valence-electron chi connectivity index (χ4n) is 1.93. The highest BCUT2D eigenvalue weighted by atomic mass is 79.9. The number of hydrogen-bond acceptors (Lipinski definition) is 0. The van der Waals surface area contributed by atoms with Crippen molar-refractivity contribution in [2.45, 2.75) is 19.4 Å². The molecule has 0 amide bonds. The van der Waals surface area contributed by atoms with E-state index < -0.39 is 7.42 Å². The standard InChI is InChI=1S/C13H15BrSi/c1-2-10-15(14)13-9-5-7-11-6-3-4-8-12(11)13/h3-9,15H,2,10H2,1H3. The first-order valence-corrected chi connectivity index (χ1v) is 10.0. The SMILES string of the molecule is CCC[SiH](Br)c1cccc2ccccc12. The lowest BCUT2D eigenvalue weighted by Crippen LogP contribution is -2.23. The van der Waals surface area contributed by atoms with Gasteiger partial charge in [0.15, 0.2) is 0 Å². The van der Waals surface area contributed by atoms with Gasteiger partial charge in [-0.2, -0.15) is 0 Å². The van der Waals surface area contributed by atoms with Crippen LogP contribution in [0.5, 0.6) is 0 Å². The van der Waals surface area contributed by atoms with Crippen molar-refractivity contribution in [3.05, 3.63) is 42.5 Å². The van der Waals surface area contributed by atoms with E-state index in [1.54, 1.807) is 5.19 Å². The van der Waals surface area contributed by atoms with Crippen molar-refractivity contribution < 1.29 is 0 Å². The maximum Gasteiger partial charge on any atom is 0.146 e. The van der Waals surface area contributed by atoms with Crippen molar-refractivity contribution >= 4 is 38.7 Å². The van der Waals surface area contributed by atoms with Crippen LogP contribution in [0.3, 0.4) is 0 Å². The molecule has 0 aliphatic carbocycles. The van der Waals surface area contributed by atoms with Crippen LogP contribution in [0, 0.1) is 0 Å². The Morgan fingerprint density at radius 1 is 1.07 bits per heavy atom. The summed E-state index contributed by atoms with van der Waals surface area (Å²) in [6.45, 7) is 2.26. The highest BCUT2D eigenvalue weighted by Crippen LogP contribution is 2.15. The lowest BCUT2D eigenvalue weighted by Gasteiger charge is -2.10. The molecule has 15 heavy (non-hydrogen) atoms. The number of halogens is 1. The number of hydrogen-bond donors (Lipinski definition) is 0. The highest BCUT2D eigenvalue weighted by Gasteiger charge is 2.10. The van der Waals surface area contributed by atoms with Crippen molar-refractivity contribution in [2.75, 3.05) is 0 Å². The molecule has 0 radical (unpaired) electrons. The second-order valence-corrected chi connectivity index (χ2v) is 9.27. The first-order chi connectivity index (χ1) is 7.33. The van der Waals surface area contributed by atoms with Gasteiger partial charge in [-0.3, -0.25) is 0 Å². The van der Waals surface area contributed by atoms with Gasteiger partial charge < -0.3 is 0 Å². The summed E-state index contributed by atoms with van der Waals surface area (Å²) < 4.78 is 0. The van der Waals surface area contributed by atoms with E-state index in [1.165, 1.54) is 23.2 Å². The summed E-state index contributed by atoms with van der Waals surface area (Å²) in [6.07, 6.45) is 1.27. The van der Waals surface area contributed by atoms with E-state index in [2.05, 4.69) is 64.7 Å². The molecular weight excluding hydrogens is 264 g/mol. The van der Waals surface area contributed by atoms with E-state index in [-0.39, 0.29) is 0 Å². The average Bonchev–Trinajstić information content (AvgIpc) is 2.28. The number of fused-ring (bicyclic) bond motifs is 1. The fourth-order valence-corrected chi connectivity index (χ4v) is 6.24. The minimum Gasteiger partial charge on any atom is -0.125 e. The predicted octanol–water partition coefficient (Wildman–Crippen LogP) is 3.58. The van der Waals surface area contributed by atoms with Gasteiger partial charge in [0.2, 0.25) is 0 Å². The summed E-state index contributed by atoms with van der Waals surface area (Å²) in [5.41, 5.74) is 0. The first kappa shape index (κ1) is 10.9. The van der Waals surface area contributed by atoms with Crippen molar-refractivity contribution in [3.63, 3.8) is 0 Å². The number of rotatable bonds is 3. The molecule has 0 nitrogen and oxygen atoms in total. The lowest BCUT2D eigenvalue weighted by molar-refractivity contribution is 1.08. The molecule has 0 aliphatic heterocycles. The Bertz CT molecular complexity index is 448. The molecule has 0 spiro atoms. The zero-order chi connectivity index (χ0) is 10.7. The zero-order valence-electron chi connectivity index (χ0n) is 8.91. The van der Waals surface area contributed by atoms with Crippen LogP contribution >= 0.6 is 15.3 Å². The monoisotopic (exact) mass is 278 g/mol. The fraction of sp³-hybridized carbons (Fsp3) is 0.231. The first-order valence-electron chi connectivity index (χ1n) is 5.44. The Labute approximate surface area is 101 Å². The van der Waals surface area contributed by atoms with Gasteiger partial charge in [0.1, 0.15) is 7.42 Å². The highest BCUT2D eigenvalue weighted by molar-refractivity contribution is 9.25. The Hall–Kier alpha value is -0.603. The smallest absolute Gasteiger partial charge is 0.125 e. The quantitative estimate of drug-likeness (QED) is 0.595. The van der Waals surface area contributed by atoms with E-state index >= 15 is 0 Å². The molecule has 0 N–H and O–H groups in total. The summed E-state index contributed by atoms with van der Waals surface area (Å²) >= 11 is 3.91. The van der Waals surface area contributed by atoms with Crippen LogP contribution < -0.4 is 5.19 Å². The second kappa shape index (κ2) is 4.95. The molecule has 1 unspecified atom stereocenters. The molecule has 0 fully saturated rings. The summed E-state index contributed by atoms with van der Waals surface area (Å²) in [5, 5.41) is 4.35. The van der Waals surface area contributed by atoms with Gasteiger partial charge in [-0.25, -0.2) is 0 Å². The topological polar surface area (TPSA) is 0 Å². The van der Waals surface area contributed by atoms with E-state index in [9.17, 15) is 0 Å². The van der Waals surface area contributed by atoms with Gasteiger partial charge in [0.25, 0.3) is 0 Å². The van der Waals surface area contributed by atoms with Gasteiger partial charge >= 0.3 is 0 Å². The molecule has 2 heteroatoms. The predicted molar refractivity (Wildman–Crippen MR) is 74.8 cm³/mol. The Kier molecular flexibility index (Phi) is 3.60. The van der Waals surface area contributed by atoms with Crippen LogP contribution in [-0.4, -0.2) is 7.42 Å². The minimum atomic E-state index is -0.898. The molecule has 78 valence electrons. The summed E-state index contributed by atoms with van der Waals surface area (Å²) in [7, 11) is -0.898. The third-order valence-corrected chi connectivity index (χ3v) is 7.82. The third-order valence-electron chi connectivity index (χ3n) is 2.70. The van der Waals surface area contributed by atoms with Gasteiger partial charge in [-0.15, -0.1) is 15.3 Å². The molecule has 2 aromatic rings. The van der Waals surface area contributed by atoms with Crippen molar-refractivity contribution in [3.8, 4) is 0 Å². The van der Waals surface area contributed by atoms with Crippen LogP contribution in [0.1, 0.15) is 13.3 Å². The van der Waals surface area contributed by atoms with Crippen molar-refractivity contribution in [1.29, 1.82) is 0 Å². The van der Waals surface area contributed by atoms with Crippen molar-refractivity contribution in [1.82, 2.24) is 0 Å². The molecule has 0 saturated heterocycles. The molecule has 0 aromatic heterocycles. The third kappa shape index (κ3) is 2.32. The largest absolute Gasteiger partial charge is 0.146 e. The van der Waals surface area contributed by atoms with E-state index in [4.69, 9.17) is 0 Å². The molecule has 0 saturated carbocycles. The Morgan fingerprint density at radius 2 is 1.80 bits per heavy atom. The summed E-state index contributed by atoms with van der Waals surface area (Å²) in [6, 6.07) is 16.6. The second-order valence-electron chi connectivity index (χ2n) is 3.82. The molecular formula is C13H15BrSi. The van der Waals surface area contributed by atoms with Gasteiger partial charge in [-0.05, 0) is 22.0 Å². The van der Waals surface area contributed by atoms with Gasteiger partial charge in [0, 0.05) is 0 Å². The van der Waals surface area contributed by atoms with E-state index in [0.717, 1.165) is 0 Å². The lowest BCUT2D eigenvalue weighted by atomic mass is 10.1. The van der Waals surface area contributed by atoms with Gasteiger partial charge in [0.05, 0.1) is 0 Å². The van der Waals surface area contributed by atoms with Crippen molar-refractivity contribution in [2.24, 2.45) is 0 Å². The van der Waals surface area contributed by atoms with Crippen LogP contribution in [-0.2, 0) is 0 Å². The molecule has 1 atom stereocenters. The summed E-state index contributed by atoms with van der Waals surface area (Å²) in [4.78, 5) is 0. The van der Waals surface area contributed by atoms with Gasteiger partial charge in [-0.1, -0.05) is 55.8 Å². The van der Waals surface area contributed by atoms with Crippen LogP contribution in [0.4, 0.5) is 0 Å². The molecule has 2 aromatic carbocycles. The Balaban J connectivity index is 2.50. The normalized spacial score (nSPS) is 12.9. The maximum atomic E-state index is 3.91. The van der Waals surface area contributed by atoms with E-state index in [0.29, 0.717) is 0 Å². The molecule has 0 aliphatic rings. The molecule has 0 bridgehead atoms. The van der Waals surface area contributed by atoms with Crippen LogP contribution in [0.25, 0.3) is 10.8 Å². The average molecular weight is 279 g/mol. The zero-order valence-corrected chi connectivity index (χ0v) is 11.7. The maximum absolute atomic E-state index is 3.91. The van der Waals surface area contributed by atoms with Crippen LogP contribution in [0.15, 0.2) is 42.5 Å². The minimum absolute atomic E-state index is 0.898.